The second kappa shape index (κ2) is 4.80. The molecule has 2 aliphatic heterocycles. The van der Waals surface area contributed by atoms with Crippen LogP contribution in [-0.4, -0.2) is 52.6 Å². The number of β-lactam (4-membered cyclic amide) rings is 1. The molecule has 8 heteroatoms. The Bertz CT molecular complexity index is 707. The van der Waals surface area contributed by atoms with Gasteiger partial charge in [0.05, 0.1) is 12.0 Å². The third-order valence-corrected chi connectivity index (χ3v) is 6.31. The van der Waals surface area contributed by atoms with Crippen molar-refractivity contribution >= 4 is 22.1 Å². The van der Waals surface area contributed by atoms with E-state index in [-0.39, 0.29) is 23.2 Å². The normalized spacial score (nSPS) is 34.7. The molecule has 1 saturated carbocycles. The van der Waals surface area contributed by atoms with Crippen LogP contribution in [-0.2, 0) is 19.9 Å². The number of fused-ring (bicyclic) bond motifs is 1. The fourth-order valence-corrected chi connectivity index (χ4v) is 4.96. The molecule has 2 saturated heterocycles. The van der Waals surface area contributed by atoms with Crippen LogP contribution in [0.4, 0.5) is 0 Å². The monoisotopic (exact) mass is 342 g/mol. The van der Waals surface area contributed by atoms with Gasteiger partial charge in [0.2, 0.25) is 5.91 Å². The van der Waals surface area contributed by atoms with Crippen molar-refractivity contribution in [3.8, 4) is 0 Å². The van der Waals surface area contributed by atoms with Crippen molar-refractivity contribution in [2.45, 2.75) is 46.2 Å². The van der Waals surface area contributed by atoms with Crippen molar-refractivity contribution in [1.82, 2.24) is 9.21 Å². The number of rotatable bonds is 3. The second-order valence-electron chi connectivity index (χ2n) is 7.51. The van der Waals surface area contributed by atoms with Gasteiger partial charge in [0.15, 0.2) is 0 Å². The van der Waals surface area contributed by atoms with Gasteiger partial charge in [-0.1, -0.05) is 25.5 Å². The summed E-state index contributed by atoms with van der Waals surface area (Å²) < 4.78 is 32.0. The number of hydrogen-bond donors (Lipinski definition) is 1. The third-order valence-electron chi connectivity index (χ3n) is 5.36. The minimum atomic E-state index is -4.54. The smallest absolute Gasteiger partial charge is 0.328 e. The third kappa shape index (κ3) is 2.30. The Morgan fingerprint density at radius 1 is 1.35 bits per heavy atom. The Balaban J connectivity index is 1.77. The van der Waals surface area contributed by atoms with E-state index in [1.54, 1.807) is 0 Å². The molecule has 1 aliphatic carbocycles. The first kappa shape index (κ1) is 16.4. The van der Waals surface area contributed by atoms with Crippen LogP contribution < -0.4 is 0 Å². The maximum absolute atomic E-state index is 12.8. The summed E-state index contributed by atoms with van der Waals surface area (Å²) in [7, 11) is -4.54. The van der Waals surface area contributed by atoms with E-state index in [4.69, 9.17) is 4.55 Å². The lowest BCUT2D eigenvalue weighted by Crippen LogP contribution is -2.68. The van der Waals surface area contributed by atoms with Gasteiger partial charge in [-0.05, 0) is 31.6 Å². The van der Waals surface area contributed by atoms with Crippen molar-refractivity contribution in [2.75, 3.05) is 6.54 Å². The fraction of sp³-hybridized carbons (Fsp3) is 0.733. The van der Waals surface area contributed by atoms with E-state index in [1.807, 2.05) is 27.7 Å². The Kier molecular flexibility index (Phi) is 3.43. The summed E-state index contributed by atoms with van der Waals surface area (Å²) in [5, 5.41) is 0. The summed E-state index contributed by atoms with van der Waals surface area (Å²) >= 11 is 0. The molecule has 3 rings (SSSR count). The number of nitrogens with zero attached hydrogens (tertiary/aromatic N) is 2. The minimum Gasteiger partial charge on any atom is -0.328 e. The van der Waals surface area contributed by atoms with Gasteiger partial charge >= 0.3 is 10.3 Å². The zero-order valence-electron chi connectivity index (χ0n) is 13.7. The van der Waals surface area contributed by atoms with Crippen LogP contribution in [0.15, 0.2) is 11.6 Å². The molecule has 0 radical (unpaired) electrons. The molecule has 2 heterocycles. The number of amides is 2. The zero-order chi connectivity index (χ0) is 17.3. The number of hydrogen-bond acceptors (Lipinski definition) is 4. The molecule has 7 nitrogen and oxygen atoms in total. The highest BCUT2D eigenvalue weighted by Gasteiger charge is 2.66. The summed E-state index contributed by atoms with van der Waals surface area (Å²) in [6.45, 7) is 8.38. The first-order valence-electron chi connectivity index (χ1n) is 7.74. The molecule has 128 valence electrons. The first-order valence-corrected chi connectivity index (χ1v) is 9.14. The average Bonchev–Trinajstić information content (AvgIpc) is 2.76. The van der Waals surface area contributed by atoms with E-state index in [1.165, 1.54) is 4.90 Å². The molecule has 0 spiro atoms. The predicted octanol–water partition coefficient (Wildman–Crippen LogP) is 0.839. The Hall–Kier alpha value is -1.41. The van der Waals surface area contributed by atoms with Crippen LogP contribution in [0.25, 0.3) is 0 Å². The Morgan fingerprint density at radius 2 is 1.96 bits per heavy atom. The maximum atomic E-state index is 12.8. The number of allylic oxidation sites excluding steroid dienone is 2. The van der Waals surface area contributed by atoms with E-state index >= 15 is 0 Å². The van der Waals surface area contributed by atoms with Crippen molar-refractivity contribution in [3.63, 3.8) is 0 Å². The average molecular weight is 342 g/mol. The lowest BCUT2D eigenvalue weighted by Gasteiger charge is -2.42. The van der Waals surface area contributed by atoms with Gasteiger partial charge in [-0.3, -0.25) is 14.1 Å². The van der Waals surface area contributed by atoms with Crippen LogP contribution in [0.1, 0.15) is 34.1 Å². The molecule has 0 aromatic heterocycles. The molecule has 0 aromatic carbocycles. The van der Waals surface area contributed by atoms with Gasteiger partial charge in [0.25, 0.3) is 5.91 Å². The standard InChI is InChI=1S/C15H22N2O5S/c1-8(2)7-9-11(15(9,3)4)13(18)16-6-5-10-12(16)14(19)17(10)23(20,21)22/h7,9-12H,5-6H2,1-4H3,(H,20,21,22)/t9-,10+,11-,12-/m0/s1. The fourth-order valence-electron chi connectivity index (χ4n) is 4.06. The van der Waals surface area contributed by atoms with Crippen LogP contribution in [0.5, 0.6) is 0 Å². The maximum Gasteiger partial charge on any atom is 0.362 e. The quantitative estimate of drug-likeness (QED) is 0.466. The molecule has 3 fully saturated rings. The molecule has 4 atom stereocenters. The van der Waals surface area contributed by atoms with Crippen LogP contribution in [0, 0.1) is 17.3 Å². The minimum absolute atomic E-state index is 0.0895. The zero-order valence-corrected chi connectivity index (χ0v) is 14.5. The molecular formula is C15H22N2O5S. The SMILES string of the molecule is CC(C)=C[C@H]1[C@@H](C(=O)N2CC[C@@H]3[C@H]2C(=O)N3S(=O)(=O)O)C1(C)C. The summed E-state index contributed by atoms with van der Waals surface area (Å²) in [4.78, 5) is 26.4. The predicted molar refractivity (Wildman–Crippen MR) is 82.5 cm³/mol. The summed E-state index contributed by atoms with van der Waals surface area (Å²) in [6, 6.07) is -1.36. The van der Waals surface area contributed by atoms with Crippen LogP contribution in [0.2, 0.25) is 0 Å². The number of carbonyl (C=O) groups excluding carboxylic acids is 2. The lowest BCUT2D eigenvalue weighted by atomic mass is 9.99. The highest BCUT2D eigenvalue weighted by Crippen LogP contribution is 2.60. The van der Waals surface area contributed by atoms with Crippen LogP contribution in [0.3, 0.4) is 0 Å². The molecule has 1 N–H and O–H groups in total. The highest BCUT2D eigenvalue weighted by atomic mass is 32.2. The van der Waals surface area contributed by atoms with Crippen molar-refractivity contribution in [1.29, 1.82) is 0 Å². The van der Waals surface area contributed by atoms with Crippen LogP contribution >= 0.6 is 0 Å². The molecule has 0 unspecified atom stereocenters. The summed E-state index contributed by atoms with van der Waals surface area (Å²) in [5.41, 5.74) is 0.997. The lowest BCUT2D eigenvalue weighted by molar-refractivity contribution is -0.152. The summed E-state index contributed by atoms with van der Waals surface area (Å²) in [5.74, 6) is -0.829. The van der Waals surface area contributed by atoms with E-state index in [9.17, 15) is 18.0 Å². The Morgan fingerprint density at radius 3 is 2.48 bits per heavy atom. The van der Waals surface area contributed by atoms with Crippen molar-refractivity contribution in [2.24, 2.45) is 17.3 Å². The Labute approximate surface area is 136 Å². The van der Waals surface area contributed by atoms with E-state index in [0.717, 1.165) is 5.57 Å². The first-order chi connectivity index (χ1) is 10.5. The van der Waals surface area contributed by atoms with Gasteiger partial charge < -0.3 is 4.90 Å². The number of likely N-dealkylation sites (tertiary alicyclic amines) is 1. The summed E-state index contributed by atoms with van der Waals surface area (Å²) in [6.07, 6.45) is 2.46. The van der Waals surface area contributed by atoms with E-state index in [2.05, 4.69) is 6.08 Å². The second-order valence-corrected chi connectivity index (χ2v) is 8.80. The molecule has 0 bridgehead atoms. The molecule has 2 amide bonds. The van der Waals surface area contributed by atoms with E-state index in [0.29, 0.717) is 17.3 Å². The van der Waals surface area contributed by atoms with Gasteiger partial charge in [-0.25, -0.2) is 4.31 Å². The van der Waals surface area contributed by atoms with Crippen molar-refractivity contribution < 1.29 is 22.6 Å². The highest BCUT2D eigenvalue weighted by molar-refractivity contribution is 7.84. The van der Waals surface area contributed by atoms with Gasteiger partial charge in [0.1, 0.15) is 6.04 Å². The van der Waals surface area contributed by atoms with Gasteiger partial charge in [-0.2, -0.15) is 8.42 Å². The van der Waals surface area contributed by atoms with Gasteiger partial charge in [-0.15, -0.1) is 0 Å². The van der Waals surface area contributed by atoms with Crippen molar-refractivity contribution in [3.05, 3.63) is 11.6 Å². The molecule has 23 heavy (non-hydrogen) atoms. The topological polar surface area (TPSA) is 95.0 Å². The van der Waals surface area contributed by atoms with Gasteiger partial charge in [0, 0.05) is 6.54 Å². The molecule has 3 aliphatic rings. The van der Waals surface area contributed by atoms with E-state index < -0.39 is 28.3 Å². The largest absolute Gasteiger partial charge is 0.362 e. The molecule has 0 aromatic rings. The number of carbonyl (C=O) groups is 2. The molecular weight excluding hydrogens is 320 g/mol.